The molecule has 0 spiro atoms. The molecular weight excluding hydrogens is 1000 g/mol. The molecule has 0 amide bonds. The Bertz CT molecular complexity index is 4730. The highest BCUT2D eigenvalue weighted by atomic mass is 15.1. The molecule has 0 fully saturated rings. The van der Waals surface area contributed by atoms with Crippen molar-refractivity contribution in [1.82, 2.24) is 39.0 Å². The average Bonchev–Trinajstić information content (AvgIpc) is 4.24. The fraction of sp³-hybridized carbons (Fsp3) is 0.0270. The smallest absolute Gasteiger partial charge is 0.166 e. The van der Waals surface area contributed by atoms with Crippen molar-refractivity contribution in [3.05, 3.63) is 300 Å². The Morgan fingerprint density at radius 1 is 0.232 bits per heavy atom. The fourth-order valence-electron chi connectivity index (χ4n) is 13.3. The van der Waals surface area contributed by atoms with Gasteiger partial charge in [0.25, 0.3) is 0 Å². The molecule has 2 bridgehead atoms. The van der Waals surface area contributed by atoms with E-state index >= 15 is 0 Å². The van der Waals surface area contributed by atoms with Gasteiger partial charge in [0.15, 0.2) is 34.9 Å². The number of fused-ring (bicyclic) bond motifs is 6. The SMILES string of the molecule is c1ccc(-c2nc(-c3ccc4c(c3)C3c5ccccc5C4c4cc(-c5nc(-c6ccccc6)nc(-c6cccc7c8ccccc8n(-c8ccccc8)c67)n5)ccc43)nc(-c3cccc4c5ccccc5n(-c5ccccc5)c34)n2)cc1. The lowest BCUT2D eigenvalue weighted by Crippen LogP contribution is -2.27. The molecule has 0 N–H and O–H groups in total. The van der Waals surface area contributed by atoms with Gasteiger partial charge in [-0.15, -0.1) is 0 Å². The second-order valence-corrected chi connectivity index (χ2v) is 21.3. The third-order valence-electron chi connectivity index (χ3n) is 16.8. The van der Waals surface area contributed by atoms with Crippen LogP contribution in [0.5, 0.6) is 0 Å². The van der Waals surface area contributed by atoms with E-state index < -0.39 is 0 Å². The van der Waals surface area contributed by atoms with Crippen LogP contribution in [-0.4, -0.2) is 39.0 Å². The van der Waals surface area contributed by atoms with Crippen molar-refractivity contribution in [2.45, 2.75) is 11.8 Å². The number of hydrogen-bond acceptors (Lipinski definition) is 6. The van der Waals surface area contributed by atoms with Gasteiger partial charge in [-0.1, -0.05) is 206 Å². The quantitative estimate of drug-likeness (QED) is 0.151. The predicted molar refractivity (Wildman–Crippen MR) is 329 cm³/mol. The lowest BCUT2D eigenvalue weighted by molar-refractivity contribution is 0.754. The summed E-state index contributed by atoms with van der Waals surface area (Å²) < 4.78 is 4.69. The summed E-state index contributed by atoms with van der Waals surface area (Å²) in [4.78, 5) is 32.1. The number of aromatic nitrogens is 8. The molecule has 0 saturated heterocycles. The number of nitrogens with zero attached hydrogens (tertiary/aromatic N) is 8. The monoisotopic (exact) mass is 1050 g/mol. The third kappa shape index (κ3) is 7.11. The van der Waals surface area contributed by atoms with E-state index in [1.807, 2.05) is 36.4 Å². The van der Waals surface area contributed by atoms with Crippen molar-refractivity contribution in [2.75, 3.05) is 0 Å². The van der Waals surface area contributed by atoms with E-state index in [1.54, 1.807) is 0 Å². The Balaban J connectivity index is 0.820. The highest BCUT2D eigenvalue weighted by Gasteiger charge is 2.42. The van der Waals surface area contributed by atoms with Gasteiger partial charge in [0.2, 0.25) is 0 Å². The zero-order valence-electron chi connectivity index (χ0n) is 44.1. The van der Waals surface area contributed by atoms with Crippen molar-refractivity contribution < 1.29 is 0 Å². The first kappa shape index (κ1) is 46.0. The van der Waals surface area contributed by atoms with Crippen LogP contribution in [0.2, 0.25) is 0 Å². The van der Waals surface area contributed by atoms with Crippen LogP contribution in [0.25, 0.3) is 123 Å². The molecule has 2 atom stereocenters. The van der Waals surface area contributed by atoms with Gasteiger partial charge in [-0.25, -0.2) is 29.9 Å². The van der Waals surface area contributed by atoms with E-state index in [1.165, 1.54) is 44.2 Å². The van der Waals surface area contributed by atoms with E-state index in [0.29, 0.717) is 34.9 Å². The van der Waals surface area contributed by atoms with Gasteiger partial charge in [-0.05, 0) is 94.0 Å². The lowest BCUT2D eigenvalue weighted by atomic mass is 9.61. The Kier molecular flexibility index (Phi) is 10.3. The maximum atomic E-state index is 5.45. The second-order valence-electron chi connectivity index (χ2n) is 21.3. The molecule has 4 aromatic heterocycles. The number of benzene rings is 11. The molecule has 0 radical (unpaired) electrons. The molecule has 382 valence electrons. The van der Waals surface area contributed by atoms with Crippen molar-refractivity contribution in [3.63, 3.8) is 0 Å². The first-order chi connectivity index (χ1) is 40.7. The summed E-state index contributed by atoms with van der Waals surface area (Å²) in [7, 11) is 0. The van der Waals surface area contributed by atoms with Crippen LogP contribution in [0.3, 0.4) is 0 Å². The van der Waals surface area contributed by atoms with E-state index in [9.17, 15) is 0 Å². The summed E-state index contributed by atoms with van der Waals surface area (Å²) in [5, 5.41) is 4.62. The van der Waals surface area contributed by atoms with Crippen LogP contribution >= 0.6 is 0 Å². The first-order valence-corrected chi connectivity index (χ1v) is 27.8. The second kappa shape index (κ2) is 18.3. The van der Waals surface area contributed by atoms with Gasteiger partial charge in [-0.3, -0.25) is 0 Å². The molecule has 18 rings (SSSR count). The highest BCUT2D eigenvalue weighted by molar-refractivity contribution is 6.14. The Hall–Kier alpha value is -11.0. The summed E-state index contributed by atoms with van der Waals surface area (Å²) in [5.41, 5.74) is 19.8. The molecule has 3 aliphatic rings. The van der Waals surface area contributed by atoms with Gasteiger partial charge in [0.05, 0.1) is 22.1 Å². The minimum absolute atomic E-state index is 0.0308. The molecule has 82 heavy (non-hydrogen) atoms. The standard InChI is InChI=1S/C74H46N8/c1-5-21-45(22-6-1)69-75-71(79-73(77-69)59-35-19-33-57-51-29-15-17-37-63(51)81(67(57)59)49-25-9-3-10-26-49)47-39-41-55-61(43-47)65-53-31-13-14-32-54(53)66(55)62-44-48(40-42-56(62)65)72-76-70(46-23-7-2-8-24-46)78-74(80-72)60-36-20-34-58-52-30-16-18-38-64(52)82(68(58)60)50-27-11-4-12-28-50/h1-44,65-66H. The third-order valence-corrected chi connectivity index (χ3v) is 16.8. The minimum Gasteiger partial charge on any atom is -0.309 e. The first-order valence-electron chi connectivity index (χ1n) is 27.8. The van der Waals surface area contributed by atoms with Gasteiger partial charge in [-0.2, -0.15) is 0 Å². The molecule has 0 saturated carbocycles. The zero-order chi connectivity index (χ0) is 53.8. The van der Waals surface area contributed by atoms with Crippen molar-refractivity contribution in [2.24, 2.45) is 0 Å². The molecule has 11 aromatic carbocycles. The summed E-state index contributed by atoms with van der Waals surface area (Å²) in [6.07, 6.45) is 0. The van der Waals surface area contributed by atoms with Crippen molar-refractivity contribution in [1.29, 1.82) is 0 Å². The normalized spacial score (nSPS) is 14.1. The van der Waals surface area contributed by atoms with Crippen LogP contribution in [0, 0.1) is 0 Å². The van der Waals surface area contributed by atoms with Gasteiger partial charge < -0.3 is 9.13 Å². The highest BCUT2D eigenvalue weighted by Crippen LogP contribution is 2.57. The maximum Gasteiger partial charge on any atom is 0.166 e. The molecule has 3 aliphatic carbocycles. The number of para-hydroxylation sites is 6. The number of rotatable bonds is 8. The van der Waals surface area contributed by atoms with E-state index in [4.69, 9.17) is 29.9 Å². The van der Waals surface area contributed by atoms with Crippen LogP contribution in [0.15, 0.2) is 267 Å². The molecule has 0 aliphatic heterocycles. The fourth-order valence-corrected chi connectivity index (χ4v) is 13.3. The average molecular weight is 1050 g/mol. The lowest BCUT2D eigenvalue weighted by Gasteiger charge is -2.42. The van der Waals surface area contributed by atoms with Crippen LogP contribution in [-0.2, 0) is 0 Å². The molecule has 8 nitrogen and oxygen atoms in total. The largest absolute Gasteiger partial charge is 0.309 e. The maximum absolute atomic E-state index is 5.45. The Morgan fingerprint density at radius 3 is 0.988 bits per heavy atom. The van der Waals surface area contributed by atoms with Gasteiger partial charge >= 0.3 is 0 Å². The summed E-state index contributed by atoms with van der Waals surface area (Å²) in [6, 6.07) is 94.5. The predicted octanol–water partition coefficient (Wildman–Crippen LogP) is 17.2. The zero-order valence-corrected chi connectivity index (χ0v) is 44.1. The molecular formula is C74H46N8. The molecule has 2 unspecified atom stereocenters. The van der Waals surface area contributed by atoms with Crippen LogP contribution in [0.1, 0.15) is 45.2 Å². The number of hydrogen-bond donors (Lipinski definition) is 0. The summed E-state index contributed by atoms with van der Waals surface area (Å²) in [6.45, 7) is 0. The van der Waals surface area contributed by atoms with Gasteiger partial charge in [0.1, 0.15) is 0 Å². The van der Waals surface area contributed by atoms with Crippen LogP contribution in [0.4, 0.5) is 0 Å². The summed E-state index contributed by atoms with van der Waals surface area (Å²) >= 11 is 0. The molecule has 8 heteroatoms. The van der Waals surface area contributed by atoms with E-state index in [2.05, 4.69) is 240 Å². The Morgan fingerprint density at radius 2 is 0.561 bits per heavy atom. The Labute approximate surface area is 472 Å². The van der Waals surface area contributed by atoms with Crippen LogP contribution < -0.4 is 0 Å². The molecule has 15 aromatic rings. The topological polar surface area (TPSA) is 87.2 Å². The minimum atomic E-state index is -0.0308. The van der Waals surface area contributed by atoms with E-state index in [-0.39, 0.29) is 11.8 Å². The van der Waals surface area contributed by atoms with Crippen molar-refractivity contribution >= 4 is 43.6 Å². The van der Waals surface area contributed by atoms with E-state index in [0.717, 1.165) is 77.6 Å². The molecule has 4 heterocycles. The van der Waals surface area contributed by atoms with Gasteiger partial charge in [0, 0.05) is 78.1 Å². The summed E-state index contributed by atoms with van der Waals surface area (Å²) in [5.74, 6) is 3.65. The van der Waals surface area contributed by atoms with Crippen molar-refractivity contribution in [3.8, 4) is 79.7 Å².